The molecule has 1 atom stereocenters. The highest BCUT2D eigenvalue weighted by Crippen LogP contribution is 2.14. The number of aromatic nitrogens is 1. The van der Waals surface area contributed by atoms with E-state index >= 15 is 0 Å². The second kappa shape index (κ2) is 8.38. The number of thioether (sulfide) groups is 1. The van der Waals surface area contributed by atoms with Crippen LogP contribution in [0.2, 0.25) is 0 Å². The lowest BCUT2D eigenvalue weighted by Crippen LogP contribution is -2.44. The quantitative estimate of drug-likeness (QED) is 0.759. The van der Waals surface area contributed by atoms with E-state index < -0.39 is 6.04 Å². The third kappa shape index (κ3) is 5.14. The van der Waals surface area contributed by atoms with Crippen molar-refractivity contribution in [3.05, 3.63) is 48.0 Å². The zero-order valence-electron chi connectivity index (χ0n) is 13.0. The van der Waals surface area contributed by atoms with Crippen LogP contribution in [0.1, 0.15) is 30.0 Å². The minimum Gasteiger partial charge on any atom is -0.467 e. The van der Waals surface area contributed by atoms with Gasteiger partial charge >= 0.3 is 0 Å². The molecule has 2 N–H and O–H groups in total. The first-order chi connectivity index (χ1) is 11.1. The van der Waals surface area contributed by atoms with Crippen molar-refractivity contribution in [2.24, 2.45) is 0 Å². The summed E-state index contributed by atoms with van der Waals surface area (Å²) >= 11 is 1.60. The maximum absolute atomic E-state index is 12.1. The molecular formula is C16H19N3O3S. The van der Waals surface area contributed by atoms with Gasteiger partial charge in [-0.1, -0.05) is 6.92 Å². The van der Waals surface area contributed by atoms with Gasteiger partial charge in [0, 0.05) is 6.20 Å². The molecule has 0 bridgehead atoms. The Morgan fingerprint density at radius 1 is 1.35 bits per heavy atom. The number of rotatable bonds is 7. The molecule has 23 heavy (non-hydrogen) atoms. The molecule has 6 nitrogen and oxygen atoms in total. The summed E-state index contributed by atoms with van der Waals surface area (Å²) in [6, 6.07) is 6.37. The molecule has 0 radical (unpaired) electrons. The smallest absolute Gasteiger partial charge is 0.253 e. The molecule has 0 spiro atoms. The van der Waals surface area contributed by atoms with Gasteiger partial charge in [-0.15, -0.1) is 11.8 Å². The fourth-order valence-electron chi connectivity index (χ4n) is 1.83. The summed E-state index contributed by atoms with van der Waals surface area (Å²) < 4.78 is 5.13. The lowest BCUT2D eigenvalue weighted by molar-refractivity contribution is -0.122. The molecule has 0 saturated heterocycles. The number of hydrogen-bond acceptors (Lipinski definition) is 5. The first-order valence-corrected chi connectivity index (χ1v) is 8.28. The predicted molar refractivity (Wildman–Crippen MR) is 88.1 cm³/mol. The first kappa shape index (κ1) is 17.1. The Balaban J connectivity index is 1.84. The SMILES string of the molecule is CCSc1ccc(C(=O)NC(C)C(=O)NCc2ccco2)cn1. The Labute approximate surface area is 139 Å². The summed E-state index contributed by atoms with van der Waals surface area (Å²) in [7, 11) is 0. The highest BCUT2D eigenvalue weighted by Gasteiger charge is 2.16. The van der Waals surface area contributed by atoms with Crippen molar-refractivity contribution in [3.8, 4) is 0 Å². The monoisotopic (exact) mass is 333 g/mol. The van der Waals surface area contributed by atoms with Crippen LogP contribution >= 0.6 is 11.8 Å². The lowest BCUT2D eigenvalue weighted by atomic mass is 10.2. The molecular weight excluding hydrogens is 314 g/mol. The van der Waals surface area contributed by atoms with Crippen molar-refractivity contribution in [1.82, 2.24) is 15.6 Å². The van der Waals surface area contributed by atoms with Gasteiger partial charge in [0.15, 0.2) is 0 Å². The molecule has 0 fully saturated rings. The Hall–Kier alpha value is -2.28. The largest absolute Gasteiger partial charge is 0.467 e. The fourth-order valence-corrected chi connectivity index (χ4v) is 2.42. The topological polar surface area (TPSA) is 84.2 Å². The Kier molecular flexibility index (Phi) is 6.22. The van der Waals surface area contributed by atoms with Crippen LogP contribution in [-0.2, 0) is 11.3 Å². The number of nitrogens with zero attached hydrogens (tertiary/aromatic N) is 1. The summed E-state index contributed by atoms with van der Waals surface area (Å²) in [4.78, 5) is 28.3. The van der Waals surface area contributed by atoms with E-state index in [1.165, 1.54) is 6.20 Å². The second-order valence-electron chi connectivity index (χ2n) is 4.81. The Bertz CT molecular complexity index is 641. The third-order valence-electron chi connectivity index (χ3n) is 3.05. The molecule has 0 aliphatic carbocycles. The average Bonchev–Trinajstić information content (AvgIpc) is 3.07. The Morgan fingerprint density at radius 3 is 2.78 bits per heavy atom. The van der Waals surface area contributed by atoms with Gasteiger partial charge in [-0.3, -0.25) is 9.59 Å². The van der Waals surface area contributed by atoms with Gasteiger partial charge in [-0.05, 0) is 36.9 Å². The van der Waals surface area contributed by atoms with E-state index in [9.17, 15) is 9.59 Å². The van der Waals surface area contributed by atoms with Crippen molar-refractivity contribution in [3.63, 3.8) is 0 Å². The highest BCUT2D eigenvalue weighted by atomic mass is 32.2. The summed E-state index contributed by atoms with van der Waals surface area (Å²) in [6.45, 7) is 3.95. The second-order valence-corrected chi connectivity index (χ2v) is 6.09. The summed E-state index contributed by atoms with van der Waals surface area (Å²) in [5.74, 6) is 0.975. The lowest BCUT2D eigenvalue weighted by Gasteiger charge is -2.13. The molecule has 2 amide bonds. The van der Waals surface area contributed by atoms with E-state index in [4.69, 9.17) is 4.42 Å². The van der Waals surface area contributed by atoms with Crippen LogP contribution in [0.25, 0.3) is 0 Å². The van der Waals surface area contributed by atoms with Crippen molar-refractivity contribution in [2.75, 3.05) is 5.75 Å². The number of pyridine rings is 1. The zero-order chi connectivity index (χ0) is 16.7. The van der Waals surface area contributed by atoms with Gasteiger partial charge < -0.3 is 15.1 Å². The van der Waals surface area contributed by atoms with Crippen molar-refractivity contribution < 1.29 is 14.0 Å². The van der Waals surface area contributed by atoms with Crippen LogP contribution in [0, 0.1) is 0 Å². The van der Waals surface area contributed by atoms with E-state index in [-0.39, 0.29) is 18.4 Å². The maximum Gasteiger partial charge on any atom is 0.253 e. The molecule has 122 valence electrons. The van der Waals surface area contributed by atoms with E-state index in [1.54, 1.807) is 49.2 Å². The third-order valence-corrected chi connectivity index (χ3v) is 3.87. The number of amides is 2. The fraction of sp³-hybridized carbons (Fsp3) is 0.312. The number of nitrogens with one attached hydrogen (secondary N) is 2. The van der Waals surface area contributed by atoms with Crippen molar-refractivity contribution >= 4 is 23.6 Å². The van der Waals surface area contributed by atoms with Gasteiger partial charge in [0.2, 0.25) is 5.91 Å². The first-order valence-electron chi connectivity index (χ1n) is 7.30. The van der Waals surface area contributed by atoms with E-state index in [2.05, 4.69) is 15.6 Å². The van der Waals surface area contributed by atoms with Gasteiger partial charge in [0.05, 0.1) is 23.4 Å². The molecule has 0 saturated carbocycles. The van der Waals surface area contributed by atoms with E-state index in [0.717, 1.165) is 10.8 Å². The van der Waals surface area contributed by atoms with Crippen LogP contribution < -0.4 is 10.6 Å². The van der Waals surface area contributed by atoms with Crippen molar-refractivity contribution in [2.45, 2.75) is 31.5 Å². The Morgan fingerprint density at radius 2 is 2.17 bits per heavy atom. The van der Waals surface area contributed by atoms with E-state index in [1.807, 2.05) is 6.92 Å². The molecule has 0 aromatic carbocycles. The molecule has 2 heterocycles. The van der Waals surface area contributed by atoms with Gasteiger partial charge in [-0.25, -0.2) is 4.98 Å². The van der Waals surface area contributed by atoms with Gasteiger partial charge in [-0.2, -0.15) is 0 Å². The number of carbonyl (C=O) groups excluding carboxylic acids is 2. The van der Waals surface area contributed by atoms with Crippen LogP contribution in [0.15, 0.2) is 46.2 Å². The molecule has 2 aromatic heterocycles. The van der Waals surface area contributed by atoms with Crippen LogP contribution in [0.3, 0.4) is 0 Å². The molecule has 0 aliphatic rings. The van der Waals surface area contributed by atoms with Gasteiger partial charge in [0.1, 0.15) is 11.8 Å². The molecule has 2 aromatic rings. The van der Waals surface area contributed by atoms with Crippen molar-refractivity contribution in [1.29, 1.82) is 0 Å². The van der Waals surface area contributed by atoms with Crippen LogP contribution in [0.5, 0.6) is 0 Å². The molecule has 0 aliphatic heterocycles. The summed E-state index contributed by atoms with van der Waals surface area (Å²) in [5.41, 5.74) is 0.427. The standard InChI is InChI=1S/C16H19N3O3S/c1-3-23-14-7-6-12(9-17-14)16(21)19-11(2)15(20)18-10-13-5-4-8-22-13/h4-9,11H,3,10H2,1-2H3,(H,18,20)(H,19,21). The predicted octanol–water partition coefficient (Wildman–Crippen LogP) is 2.22. The summed E-state index contributed by atoms with van der Waals surface area (Å²) in [6.07, 6.45) is 3.06. The normalized spacial score (nSPS) is 11.7. The number of carbonyl (C=O) groups is 2. The van der Waals surface area contributed by atoms with Crippen LogP contribution in [0.4, 0.5) is 0 Å². The maximum atomic E-state index is 12.1. The summed E-state index contributed by atoms with van der Waals surface area (Å²) in [5, 5.41) is 6.22. The average molecular weight is 333 g/mol. The minimum atomic E-state index is -0.651. The molecule has 1 unspecified atom stereocenters. The van der Waals surface area contributed by atoms with Gasteiger partial charge in [0.25, 0.3) is 5.91 Å². The minimum absolute atomic E-state index is 0.277. The zero-order valence-corrected chi connectivity index (χ0v) is 13.9. The molecule has 7 heteroatoms. The number of furan rings is 1. The molecule has 2 rings (SSSR count). The number of hydrogen-bond donors (Lipinski definition) is 2. The van der Waals surface area contributed by atoms with E-state index in [0.29, 0.717) is 11.3 Å². The highest BCUT2D eigenvalue weighted by molar-refractivity contribution is 7.99. The van der Waals surface area contributed by atoms with Crippen LogP contribution in [-0.4, -0.2) is 28.6 Å².